The van der Waals surface area contributed by atoms with Crippen molar-refractivity contribution in [3.05, 3.63) is 47.5 Å². The lowest BCUT2D eigenvalue weighted by Gasteiger charge is -2.20. The minimum Gasteiger partial charge on any atom is -0.459 e. The van der Waals surface area contributed by atoms with E-state index in [1.807, 2.05) is 0 Å². The molecule has 0 radical (unpaired) electrons. The summed E-state index contributed by atoms with van der Waals surface area (Å²) in [5.41, 5.74) is 0.568. The van der Waals surface area contributed by atoms with Crippen molar-refractivity contribution in [3.8, 4) is 0 Å². The monoisotopic (exact) mass is 424 g/mol. The topological polar surface area (TPSA) is 78.9 Å². The molecular weight excluding hydrogens is 400 g/mol. The Hall–Kier alpha value is -1.93. The summed E-state index contributed by atoms with van der Waals surface area (Å²) >= 11 is 3.55. The number of ether oxygens (including phenoxy) is 3. The Bertz CT molecular complexity index is 710. The fourth-order valence-electron chi connectivity index (χ4n) is 2.33. The van der Waals surface area contributed by atoms with Gasteiger partial charge in [-0.05, 0) is 37.0 Å². The molecule has 1 aromatic carbocycles. The summed E-state index contributed by atoms with van der Waals surface area (Å²) in [6.45, 7) is 4.80. The summed E-state index contributed by atoms with van der Waals surface area (Å²) in [6.07, 6.45) is 0.972. The van der Waals surface area contributed by atoms with Crippen LogP contribution in [-0.4, -0.2) is 60.2 Å². The van der Waals surface area contributed by atoms with Gasteiger partial charge < -0.3 is 14.2 Å². The van der Waals surface area contributed by atoms with E-state index in [1.165, 1.54) is 13.0 Å². The first kappa shape index (κ1) is 22.4. The fraction of sp³-hybridized carbons (Fsp3) is 0.450. The van der Waals surface area contributed by atoms with Crippen molar-refractivity contribution in [3.63, 3.8) is 0 Å². The van der Waals surface area contributed by atoms with Crippen molar-refractivity contribution in [1.29, 1.82) is 0 Å². The molecule has 1 aromatic rings. The highest BCUT2D eigenvalue weighted by atomic mass is 32.2. The average Bonchev–Trinajstić information content (AvgIpc) is 2.66. The smallest absolute Gasteiger partial charge is 0.339 e. The third-order valence-corrected chi connectivity index (χ3v) is 6.09. The fourth-order valence-corrected chi connectivity index (χ4v) is 4.59. The molecular formula is C20H24O6S2. The third kappa shape index (κ3) is 7.24. The molecule has 0 aromatic heterocycles. The van der Waals surface area contributed by atoms with Gasteiger partial charge in [0.1, 0.15) is 19.3 Å². The molecule has 1 aliphatic heterocycles. The van der Waals surface area contributed by atoms with Gasteiger partial charge in [-0.1, -0.05) is 18.7 Å². The van der Waals surface area contributed by atoms with E-state index in [0.29, 0.717) is 0 Å². The van der Waals surface area contributed by atoms with Crippen molar-refractivity contribution in [2.45, 2.75) is 19.4 Å². The normalized spacial score (nSPS) is 15.0. The molecule has 0 unspecified atom stereocenters. The van der Waals surface area contributed by atoms with Gasteiger partial charge in [0.2, 0.25) is 0 Å². The highest BCUT2D eigenvalue weighted by Crippen LogP contribution is 2.20. The van der Waals surface area contributed by atoms with Crippen molar-refractivity contribution in [2.75, 3.05) is 36.2 Å². The predicted molar refractivity (Wildman–Crippen MR) is 111 cm³/mol. The van der Waals surface area contributed by atoms with E-state index in [-0.39, 0.29) is 36.0 Å². The number of hydrogen-bond acceptors (Lipinski definition) is 8. The predicted octanol–water partition coefficient (Wildman–Crippen LogP) is 3.36. The second kappa shape index (κ2) is 11.8. The Kier molecular flexibility index (Phi) is 9.43. The summed E-state index contributed by atoms with van der Waals surface area (Å²) in [5, 5.41) is 0. The molecule has 0 atom stereocenters. The van der Waals surface area contributed by atoms with E-state index in [1.54, 1.807) is 41.7 Å². The number of hydrogen-bond donors (Lipinski definition) is 0. The summed E-state index contributed by atoms with van der Waals surface area (Å²) in [6, 6.07) is 6.38. The Balaban J connectivity index is 1.93. The second-order valence-electron chi connectivity index (χ2n) is 6.13. The Morgan fingerprint density at radius 2 is 1.57 bits per heavy atom. The van der Waals surface area contributed by atoms with Gasteiger partial charge in [0.05, 0.1) is 11.1 Å². The first-order valence-corrected chi connectivity index (χ1v) is 11.2. The second-order valence-corrected chi connectivity index (χ2v) is 8.43. The summed E-state index contributed by atoms with van der Waals surface area (Å²) in [4.78, 5) is 36.3. The van der Waals surface area contributed by atoms with E-state index >= 15 is 0 Å². The van der Waals surface area contributed by atoms with Crippen molar-refractivity contribution < 1.29 is 28.6 Å². The number of thioether (sulfide) groups is 2. The standard InChI is InChI=1S/C20H24O6S2/c1-14(2)18(21)24-8-9-25-19(22)16-6-3-4-7-17(16)20(23)26-15-12-27-10-5-11-28-13-15/h3-4,6-7,15H,1,5,8-13H2,2H3. The minimum atomic E-state index is -0.666. The van der Waals surface area contributed by atoms with Crippen LogP contribution in [0.25, 0.3) is 0 Å². The number of benzene rings is 1. The molecule has 28 heavy (non-hydrogen) atoms. The van der Waals surface area contributed by atoms with Crippen LogP contribution in [-0.2, 0) is 19.0 Å². The molecule has 0 N–H and O–H groups in total. The average molecular weight is 425 g/mol. The van der Waals surface area contributed by atoms with Crippen molar-refractivity contribution in [1.82, 2.24) is 0 Å². The summed E-state index contributed by atoms with van der Waals surface area (Å²) in [5.74, 6) is 1.86. The molecule has 0 spiro atoms. The lowest BCUT2D eigenvalue weighted by atomic mass is 10.1. The van der Waals surface area contributed by atoms with Gasteiger partial charge in [-0.25, -0.2) is 14.4 Å². The molecule has 2 rings (SSSR count). The Morgan fingerprint density at radius 3 is 2.18 bits per heavy atom. The van der Waals surface area contributed by atoms with Crippen LogP contribution in [0.3, 0.4) is 0 Å². The molecule has 152 valence electrons. The molecule has 1 saturated heterocycles. The maximum absolute atomic E-state index is 12.6. The largest absolute Gasteiger partial charge is 0.459 e. The first-order valence-electron chi connectivity index (χ1n) is 8.94. The first-order chi connectivity index (χ1) is 13.5. The van der Waals surface area contributed by atoms with Gasteiger partial charge in [-0.15, -0.1) is 0 Å². The summed E-state index contributed by atoms with van der Waals surface area (Å²) < 4.78 is 15.6. The van der Waals surface area contributed by atoms with Crippen LogP contribution in [0.1, 0.15) is 34.1 Å². The Labute approximate surface area is 173 Å². The maximum Gasteiger partial charge on any atom is 0.339 e. The van der Waals surface area contributed by atoms with E-state index in [4.69, 9.17) is 14.2 Å². The molecule has 6 nitrogen and oxygen atoms in total. The van der Waals surface area contributed by atoms with Gasteiger partial charge >= 0.3 is 17.9 Å². The molecule has 1 aliphatic rings. The van der Waals surface area contributed by atoms with Gasteiger partial charge in [-0.3, -0.25) is 0 Å². The highest BCUT2D eigenvalue weighted by molar-refractivity contribution is 8.00. The van der Waals surface area contributed by atoms with Crippen molar-refractivity contribution >= 4 is 41.4 Å². The van der Waals surface area contributed by atoms with Gasteiger partial charge in [0.25, 0.3) is 0 Å². The quantitative estimate of drug-likeness (QED) is 0.285. The zero-order valence-corrected chi connectivity index (χ0v) is 17.4. The van der Waals surface area contributed by atoms with Crippen LogP contribution in [0, 0.1) is 0 Å². The molecule has 0 amide bonds. The highest BCUT2D eigenvalue weighted by Gasteiger charge is 2.23. The SMILES string of the molecule is C=C(C)C(=O)OCCOC(=O)c1ccccc1C(=O)OC1CSCCCSC1. The molecule has 0 saturated carbocycles. The maximum atomic E-state index is 12.6. The molecule has 1 heterocycles. The zero-order valence-electron chi connectivity index (χ0n) is 15.8. The van der Waals surface area contributed by atoms with Gasteiger partial charge in [0, 0.05) is 17.1 Å². The number of rotatable bonds is 7. The molecule has 1 fully saturated rings. The van der Waals surface area contributed by atoms with Gasteiger partial charge in [-0.2, -0.15) is 23.5 Å². The lowest BCUT2D eigenvalue weighted by Crippen LogP contribution is -2.26. The Morgan fingerprint density at radius 1 is 1.00 bits per heavy atom. The number of esters is 3. The number of carbonyl (C=O) groups is 3. The van der Waals surface area contributed by atoms with Crippen LogP contribution in [0.5, 0.6) is 0 Å². The molecule has 8 heteroatoms. The van der Waals surface area contributed by atoms with E-state index < -0.39 is 17.9 Å². The number of carbonyl (C=O) groups excluding carboxylic acids is 3. The van der Waals surface area contributed by atoms with Crippen LogP contribution in [0.15, 0.2) is 36.4 Å². The minimum absolute atomic E-state index is 0.0828. The van der Waals surface area contributed by atoms with E-state index in [0.717, 1.165) is 29.4 Å². The van der Waals surface area contributed by atoms with Crippen molar-refractivity contribution in [2.24, 2.45) is 0 Å². The van der Waals surface area contributed by atoms with Crippen LogP contribution in [0.4, 0.5) is 0 Å². The van der Waals surface area contributed by atoms with Crippen LogP contribution < -0.4 is 0 Å². The summed E-state index contributed by atoms with van der Waals surface area (Å²) in [7, 11) is 0. The lowest BCUT2D eigenvalue weighted by molar-refractivity contribution is -0.140. The third-order valence-electron chi connectivity index (χ3n) is 3.72. The van der Waals surface area contributed by atoms with Gasteiger partial charge in [0.15, 0.2) is 0 Å². The van der Waals surface area contributed by atoms with Crippen LogP contribution >= 0.6 is 23.5 Å². The van der Waals surface area contributed by atoms with Crippen LogP contribution in [0.2, 0.25) is 0 Å². The molecule has 0 bridgehead atoms. The van der Waals surface area contributed by atoms with E-state index in [2.05, 4.69) is 6.58 Å². The zero-order chi connectivity index (χ0) is 20.4. The van der Waals surface area contributed by atoms with E-state index in [9.17, 15) is 14.4 Å². The molecule has 0 aliphatic carbocycles.